The third-order valence-corrected chi connectivity index (χ3v) is 3.76. The molecular formula is C15H13N3O3S. The van der Waals surface area contributed by atoms with Crippen molar-refractivity contribution in [3.8, 4) is 11.5 Å². The lowest BCUT2D eigenvalue weighted by molar-refractivity contribution is 0.394. The topological polar surface area (TPSA) is 65.7 Å². The van der Waals surface area contributed by atoms with E-state index in [1.165, 1.54) is 21.9 Å². The van der Waals surface area contributed by atoms with Gasteiger partial charge in [0.2, 0.25) is 4.96 Å². The number of nitrogens with zero attached hydrogens (tertiary/aromatic N) is 3. The zero-order valence-electron chi connectivity index (χ0n) is 12.0. The van der Waals surface area contributed by atoms with Gasteiger partial charge in [-0.3, -0.25) is 4.79 Å². The SMILES string of the molecule is COc1ccc(C=Cc2cc(=O)n3ncsc3n2)c(OC)c1. The van der Waals surface area contributed by atoms with Crippen molar-refractivity contribution in [3.05, 3.63) is 51.4 Å². The highest BCUT2D eigenvalue weighted by molar-refractivity contribution is 7.14. The monoisotopic (exact) mass is 315 g/mol. The van der Waals surface area contributed by atoms with E-state index in [-0.39, 0.29) is 5.56 Å². The quantitative estimate of drug-likeness (QED) is 0.739. The number of benzene rings is 1. The smallest absolute Gasteiger partial charge is 0.275 e. The maximum Gasteiger partial charge on any atom is 0.275 e. The molecule has 6 nitrogen and oxygen atoms in total. The number of rotatable bonds is 4. The van der Waals surface area contributed by atoms with E-state index < -0.39 is 0 Å². The Balaban J connectivity index is 1.97. The van der Waals surface area contributed by atoms with Crippen LogP contribution in [0.4, 0.5) is 0 Å². The molecule has 0 aliphatic carbocycles. The first-order valence-corrected chi connectivity index (χ1v) is 7.33. The Labute approximate surface area is 130 Å². The van der Waals surface area contributed by atoms with Crippen LogP contribution in [0.5, 0.6) is 11.5 Å². The average Bonchev–Trinajstić information content (AvgIpc) is 3.01. The molecule has 3 aromatic rings. The predicted octanol–water partition coefficient (Wildman–Crippen LogP) is 2.34. The highest BCUT2D eigenvalue weighted by atomic mass is 32.1. The minimum atomic E-state index is -0.201. The second-order valence-electron chi connectivity index (χ2n) is 4.39. The van der Waals surface area contributed by atoms with Gasteiger partial charge < -0.3 is 9.47 Å². The molecule has 0 N–H and O–H groups in total. The molecule has 0 unspecified atom stereocenters. The number of hydrogen-bond acceptors (Lipinski definition) is 6. The van der Waals surface area contributed by atoms with Crippen molar-refractivity contribution in [2.75, 3.05) is 14.2 Å². The van der Waals surface area contributed by atoms with Crippen LogP contribution in [0.25, 0.3) is 17.1 Å². The van der Waals surface area contributed by atoms with Gasteiger partial charge in [0.25, 0.3) is 5.56 Å². The van der Waals surface area contributed by atoms with Crippen LogP contribution in [-0.2, 0) is 0 Å². The molecule has 7 heteroatoms. The van der Waals surface area contributed by atoms with Crippen molar-refractivity contribution in [1.29, 1.82) is 0 Å². The van der Waals surface area contributed by atoms with E-state index in [0.29, 0.717) is 16.4 Å². The second-order valence-corrected chi connectivity index (χ2v) is 5.21. The van der Waals surface area contributed by atoms with Crippen molar-refractivity contribution in [2.24, 2.45) is 0 Å². The molecule has 0 spiro atoms. The number of fused-ring (bicyclic) bond motifs is 1. The molecule has 0 aliphatic heterocycles. The van der Waals surface area contributed by atoms with Gasteiger partial charge in [0, 0.05) is 17.7 Å². The Morgan fingerprint density at radius 3 is 2.82 bits per heavy atom. The maximum atomic E-state index is 11.9. The summed E-state index contributed by atoms with van der Waals surface area (Å²) in [6, 6.07) is 6.97. The molecule has 0 fully saturated rings. The van der Waals surface area contributed by atoms with Crippen LogP contribution in [0.15, 0.2) is 34.6 Å². The van der Waals surface area contributed by atoms with Gasteiger partial charge in [0.05, 0.1) is 19.9 Å². The Bertz CT molecular complexity index is 898. The molecule has 0 saturated heterocycles. The van der Waals surface area contributed by atoms with Crippen molar-refractivity contribution in [2.45, 2.75) is 0 Å². The largest absolute Gasteiger partial charge is 0.497 e. The molecule has 112 valence electrons. The first-order chi connectivity index (χ1) is 10.7. The highest BCUT2D eigenvalue weighted by Gasteiger charge is 2.04. The molecular weight excluding hydrogens is 302 g/mol. The normalized spacial score (nSPS) is 11.2. The first-order valence-electron chi connectivity index (χ1n) is 6.45. The third kappa shape index (κ3) is 2.71. The van der Waals surface area contributed by atoms with Gasteiger partial charge in [-0.2, -0.15) is 9.61 Å². The maximum absolute atomic E-state index is 11.9. The Morgan fingerprint density at radius 2 is 2.05 bits per heavy atom. The molecule has 0 amide bonds. The molecule has 0 saturated carbocycles. The molecule has 2 heterocycles. The van der Waals surface area contributed by atoms with Gasteiger partial charge in [0.15, 0.2) is 0 Å². The summed E-state index contributed by atoms with van der Waals surface area (Å²) in [5.41, 5.74) is 2.83. The second kappa shape index (κ2) is 5.98. The lowest BCUT2D eigenvalue weighted by atomic mass is 10.1. The van der Waals surface area contributed by atoms with Crippen molar-refractivity contribution >= 4 is 28.4 Å². The molecule has 3 rings (SSSR count). The van der Waals surface area contributed by atoms with E-state index in [0.717, 1.165) is 11.3 Å². The standard InChI is InChI=1S/C15H13N3O3S/c1-20-12-6-4-10(13(8-12)21-2)3-5-11-7-14(19)18-15(17-11)22-9-16-18/h3-9H,1-2H3. The fourth-order valence-electron chi connectivity index (χ4n) is 1.99. The Hall–Kier alpha value is -2.67. The molecule has 0 bridgehead atoms. The molecule has 2 aromatic heterocycles. The van der Waals surface area contributed by atoms with Gasteiger partial charge in [-0.15, -0.1) is 0 Å². The van der Waals surface area contributed by atoms with Crippen molar-refractivity contribution < 1.29 is 9.47 Å². The van der Waals surface area contributed by atoms with Gasteiger partial charge in [-0.1, -0.05) is 11.3 Å². The van der Waals surface area contributed by atoms with Gasteiger partial charge in [0.1, 0.15) is 17.0 Å². The number of aromatic nitrogens is 3. The lowest BCUT2D eigenvalue weighted by Gasteiger charge is -2.07. The molecule has 0 atom stereocenters. The van der Waals surface area contributed by atoms with E-state index in [1.807, 2.05) is 18.2 Å². The predicted molar refractivity (Wildman–Crippen MR) is 85.6 cm³/mol. The Kier molecular flexibility index (Phi) is 3.88. The minimum Gasteiger partial charge on any atom is -0.497 e. The average molecular weight is 315 g/mol. The fourth-order valence-corrected chi connectivity index (χ4v) is 2.62. The fraction of sp³-hybridized carbons (Fsp3) is 0.133. The summed E-state index contributed by atoms with van der Waals surface area (Å²) in [5, 5.41) is 3.93. The van der Waals surface area contributed by atoms with Crippen molar-refractivity contribution in [1.82, 2.24) is 14.6 Å². The van der Waals surface area contributed by atoms with Crippen LogP contribution in [-0.4, -0.2) is 28.8 Å². The van der Waals surface area contributed by atoms with Crippen LogP contribution < -0.4 is 15.0 Å². The zero-order valence-corrected chi connectivity index (χ0v) is 12.8. The van der Waals surface area contributed by atoms with Crippen molar-refractivity contribution in [3.63, 3.8) is 0 Å². The van der Waals surface area contributed by atoms with Crippen LogP contribution in [0.3, 0.4) is 0 Å². The minimum absolute atomic E-state index is 0.201. The van der Waals surface area contributed by atoms with E-state index in [2.05, 4.69) is 10.1 Å². The van der Waals surface area contributed by atoms with Gasteiger partial charge >= 0.3 is 0 Å². The van der Waals surface area contributed by atoms with E-state index in [1.54, 1.807) is 31.9 Å². The number of methoxy groups -OCH3 is 2. The molecule has 1 aromatic carbocycles. The van der Waals surface area contributed by atoms with Crippen LogP contribution in [0.1, 0.15) is 11.3 Å². The summed E-state index contributed by atoms with van der Waals surface area (Å²) in [6.45, 7) is 0. The van der Waals surface area contributed by atoms with Crippen LogP contribution in [0.2, 0.25) is 0 Å². The lowest BCUT2D eigenvalue weighted by Crippen LogP contribution is -2.13. The Morgan fingerprint density at radius 1 is 1.18 bits per heavy atom. The summed E-state index contributed by atoms with van der Waals surface area (Å²) >= 11 is 1.32. The van der Waals surface area contributed by atoms with Gasteiger partial charge in [-0.25, -0.2) is 4.98 Å². The van der Waals surface area contributed by atoms with E-state index in [4.69, 9.17) is 9.47 Å². The summed E-state index contributed by atoms with van der Waals surface area (Å²) in [6.07, 6.45) is 3.61. The number of hydrogen-bond donors (Lipinski definition) is 0. The third-order valence-electron chi connectivity index (χ3n) is 3.08. The highest BCUT2D eigenvalue weighted by Crippen LogP contribution is 2.26. The first kappa shape index (κ1) is 14.3. The zero-order chi connectivity index (χ0) is 15.5. The van der Waals surface area contributed by atoms with E-state index in [9.17, 15) is 4.79 Å². The molecule has 0 radical (unpaired) electrons. The van der Waals surface area contributed by atoms with Crippen LogP contribution in [0, 0.1) is 0 Å². The summed E-state index contributed by atoms with van der Waals surface area (Å²) in [7, 11) is 3.20. The summed E-state index contributed by atoms with van der Waals surface area (Å²) < 4.78 is 11.8. The van der Waals surface area contributed by atoms with Crippen LogP contribution >= 0.6 is 11.3 Å². The summed E-state index contributed by atoms with van der Waals surface area (Å²) in [5.74, 6) is 1.41. The molecule has 22 heavy (non-hydrogen) atoms. The van der Waals surface area contributed by atoms with Gasteiger partial charge in [-0.05, 0) is 24.3 Å². The summed E-state index contributed by atoms with van der Waals surface area (Å²) in [4.78, 5) is 16.8. The molecule has 0 aliphatic rings. The number of ether oxygens (including phenoxy) is 2. The van der Waals surface area contributed by atoms with E-state index >= 15 is 0 Å².